The number of hydrogen-bond donors (Lipinski definition) is 1. The average Bonchev–Trinajstić information content (AvgIpc) is 2.41. The number of ether oxygens (including phenoxy) is 2. The summed E-state index contributed by atoms with van der Waals surface area (Å²) in [6.07, 6.45) is 1.61. The number of hydrogen-bond acceptors (Lipinski definition) is 6. The Labute approximate surface area is 107 Å². The van der Waals surface area contributed by atoms with E-state index in [0.29, 0.717) is 25.6 Å². The van der Waals surface area contributed by atoms with E-state index >= 15 is 0 Å². The number of anilines is 1. The van der Waals surface area contributed by atoms with E-state index in [1.54, 1.807) is 6.33 Å². The molecule has 1 fully saturated rings. The standard InChI is InChI=1S/C12H20N4O2/c1-3-17-12-9(2)11(14-8-15-12)16-4-5-18-10(6-13)7-16/h8,10H,3-7,13H2,1-2H3. The first-order valence-corrected chi connectivity index (χ1v) is 6.27. The van der Waals surface area contributed by atoms with Gasteiger partial charge in [0, 0.05) is 19.6 Å². The normalized spacial score (nSPS) is 19.9. The van der Waals surface area contributed by atoms with Crippen molar-refractivity contribution in [1.29, 1.82) is 0 Å². The second kappa shape index (κ2) is 5.97. The van der Waals surface area contributed by atoms with Gasteiger partial charge < -0.3 is 20.1 Å². The zero-order chi connectivity index (χ0) is 13.0. The first-order valence-electron chi connectivity index (χ1n) is 6.27. The molecular weight excluding hydrogens is 232 g/mol. The molecule has 1 aliphatic rings. The third-order valence-electron chi connectivity index (χ3n) is 2.99. The number of aromatic nitrogens is 2. The van der Waals surface area contributed by atoms with Crippen LogP contribution in [0.4, 0.5) is 5.82 Å². The molecular formula is C12H20N4O2. The predicted octanol–water partition coefficient (Wildman–Crippen LogP) is 0.348. The minimum absolute atomic E-state index is 0.0728. The quantitative estimate of drug-likeness (QED) is 0.833. The SMILES string of the molecule is CCOc1ncnc(N2CCOC(CN)C2)c1C. The molecule has 1 aliphatic heterocycles. The molecule has 0 aliphatic carbocycles. The first-order chi connectivity index (χ1) is 8.76. The van der Waals surface area contributed by atoms with Gasteiger partial charge in [0.25, 0.3) is 0 Å². The van der Waals surface area contributed by atoms with Crippen LogP contribution in [0.15, 0.2) is 6.33 Å². The minimum atomic E-state index is 0.0728. The van der Waals surface area contributed by atoms with Gasteiger partial charge in [-0.3, -0.25) is 0 Å². The highest BCUT2D eigenvalue weighted by Crippen LogP contribution is 2.25. The topological polar surface area (TPSA) is 73.5 Å². The van der Waals surface area contributed by atoms with Crippen molar-refractivity contribution in [3.8, 4) is 5.88 Å². The Kier molecular flexibility index (Phi) is 4.33. The number of nitrogens with two attached hydrogens (primary N) is 1. The number of rotatable bonds is 4. The molecule has 1 aromatic rings. The van der Waals surface area contributed by atoms with E-state index in [-0.39, 0.29) is 6.10 Å². The van der Waals surface area contributed by atoms with Crippen LogP contribution in [0.5, 0.6) is 5.88 Å². The Morgan fingerprint density at radius 2 is 2.39 bits per heavy atom. The van der Waals surface area contributed by atoms with Crippen molar-refractivity contribution in [1.82, 2.24) is 9.97 Å². The molecule has 1 saturated heterocycles. The lowest BCUT2D eigenvalue weighted by molar-refractivity contribution is 0.0462. The molecule has 0 aromatic carbocycles. The summed E-state index contributed by atoms with van der Waals surface area (Å²) >= 11 is 0. The molecule has 100 valence electrons. The molecule has 2 N–H and O–H groups in total. The Morgan fingerprint density at radius 3 is 3.11 bits per heavy atom. The molecule has 0 amide bonds. The average molecular weight is 252 g/mol. The van der Waals surface area contributed by atoms with Gasteiger partial charge >= 0.3 is 0 Å². The predicted molar refractivity (Wildman–Crippen MR) is 68.9 cm³/mol. The zero-order valence-corrected chi connectivity index (χ0v) is 10.9. The number of morpholine rings is 1. The Morgan fingerprint density at radius 1 is 1.56 bits per heavy atom. The van der Waals surface area contributed by atoms with Crippen LogP contribution in [0.25, 0.3) is 0 Å². The fourth-order valence-electron chi connectivity index (χ4n) is 2.08. The maximum atomic E-state index is 5.65. The molecule has 6 heteroatoms. The van der Waals surface area contributed by atoms with Crippen LogP contribution in [-0.2, 0) is 4.74 Å². The highest BCUT2D eigenvalue weighted by Gasteiger charge is 2.22. The van der Waals surface area contributed by atoms with E-state index in [0.717, 1.165) is 24.5 Å². The van der Waals surface area contributed by atoms with E-state index in [2.05, 4.69) is 14.9 Å². The summed E-state index contributed by atoms with van der Waals surface area (Å²) in [4.78, 5) is 10.7. The monoisotopic (exact) mass is 252 g/mol. The van der Waals surface area contributed by atoms with Crippen LogP contribution in [-0.4, -0.2) is 48.9 Å². The Hall–Kier alpha value is -1.40. The molecule has 2 heterocycles. The summed E-state index contributed by atoms with van der Waals surface area (Å²) in [6.45, 7) is 7.31. The lowest BCUT2D eigenvalue weighted by atomic mass is 10.2. The second-order valence-corrected chi connectivity index (χ2v) is 4.23. The molecule has 1 atom stereocenters. The van der Waals surface area contributed by atoms with Crippen molar-refractivity contribution in [3.05, 3.63) is 11.9 Å². The van der Waals surface area contributed by atoms with Gasteiger partial charge in [-0.25, -0.2) is 9.97 Å². The van der Waals surface area contributed by atoms with Gasteiger partial charge in [-0.05, 0) is 13.8 Å². The van der Waals surface area contributed by atoms with E-state index in [1.807, 2.05) is 13.8 Å². The molecule has 1 aromatic heterocycles. The summed E-state index contributed by atoms with van der Waals surface area (Å²) in [7, 11) is 0. The summed E-state index contributed by atoms with van der Waals surface area (Å²) in [5.74, 6) is 1.56. The minimum Gasteiger partial charge on any atom is -0.478 e. The van der Waals surface area contributed by atoms with Crippen LogP contribution in [0.1, 0.15) is 12.5 Å². The van der Waals surface area contributed by atoms with Crippen LogP contribution in [0, 0.1) is 6.92 Å². The lowest BCUT2D eigenvalue weighted by Gasteiger charge is -2.33. The summed E-state index contributed by atoms with van der Waals surface area (Å²) < 4.78 is 11.0. The highest BCUT2D eigenvalue weighted by molar-refractivity contribution is 5.50. The smallest absolute Gasteiger partial charge is 0.221 e. The van der Waals surface area contributed by atoms with Crippen molar-refractivity contribution in [3.63, 3.8) is 0 Å². The van der Waals surface area contributed by atoms with Crippen LogP contribution >= 0.6 is 0 Å². The van der Waals surface area contributed by atoms with Gasteiger partial charge in [0.05, 0.1) is 24.9 Å². The van der Waals surface area contributed by atoms with Crippen LogP contribution in [0.2, 0.25) is 0 Å². The number of nitrogens with zero attached hydrogens (tertiary/aromatic N) is 3. The molecule has 18 heavy (non-hydrogen) atoms. The van der Waals surface area contributed by atoms with Gasteiger partial charge in [0.1, 0.15) is 12.1 Å². The van der Waals surface area contributed by atoms with Crippen LogP contribution in [0.3, 0.4) is 0 Å². The van der Waals surface area contributed by atoms with E-state index in [1.165, 1.54) is 0 Å². The first kappa shape index (κ1) is 13.0. The van der Waals surface area contributed by atoms with E-state index in [9.17, 15) is 0 Å². The van der Waals surface area contributed by atoms with Crippen molar-refractivity contribution in [2.75, 3.05) is 37.7 Å². The van der Waals surface area contributed by atoms with Gasteiger partial charge in [0.2, 0.25) is 5.88 Å². The molecule has 0 bridgehead atoms. The Bertz CT molecular complexity index is 400. The molecule has 0 radical (unpaired) electrons. The fourth-order valence-corrected chi connectivity index (χ4v) is 2.08. The van der Waals surface area contributed by atoms with Gasteiger partial charge in [0.15, 0.2) is 0 Å². The third kappa shape index (κ3) is 2.70. The van der Waals surface area contributed by atoms with Gasteiger partial charge in [-0.15, -0.1) is 0 Å². The maximum Gasteiger partial charge on any atom is 0.221 e. The molecule has 6 nitrogen and oxygen atoms in total. The zero-order valence-electron chi connectivity index (χ0n) is 10.9. The Balaban J connectivity index is 2.19. The van der Waals surface area contributed by atoms with Crippen molar-refractivity contribution >= 4 is 5.82 Å². The summed E-state index contributed by atoms with van der Waals surface area (Å²) in [6, 6.07) is 0. The van der Waals surface area contributed by atoms with Crippen LogP contribution < -0.4 is 15.4 Å². The van der Waals surface area contributed by atoms with Crippen molar-refractivity contribution in [2.24, 2.45) is 5.73 Å². The van der Waals surface area contributed by atoms with Gasteiger partial charge in [-0.2, -0.15) is 0 Å². The van der Waals surface area contributed by atoms with E-state index in [4.69, 9.17) is 15.2 Å². The molecule has 0 saturated carbocycles. The molecule has 1 unspecified atom stereocenters. The summed E-state index contributed by atoms with van der Waals surface area (Å²) in [5, 5.41) is 0. The lowest BCUT2D eigenvalue weighted by Crippen LogP contribution is -2.46. The molecule has 2 rings (SSSR count). The summed E-state index contributed by atoms with van der Waals surface area (Å²) in [5.41, 5.74) is 6.62. The molecule has 0 spiro atoms. The van der Waals surface area contributed by atoms with Crippen molar-refractivity contribution < 1.29 is 9.47 Å². The van der Waals surface area contributed by atoms with Crippen molar-refractivity contribution in [2.45, 2.75) is 20.0 Å². The largest absolute Gasteiger partial charge is 0.478 e. The fraction of sp³-hybridized carbons (Fsp3) is 0.667. The highest BCUT2D eigenvalue weighted by atomic mass is 16.5. The maximum absolute atomic E-state index is 5.65. The van der Waals surface area contributed by atoms with E-state index < -0.39 is 0 Å². The third-order valence-corrected chi connectivity index (χ3v) is 2.99. The van der Waals surface area contributed by atoms with Gasteiger partial charge in [-0.1, -0.05) is 0 Å². The second-order valence-electron chi connectivity index (χ2n) is 4.23.